The molecular weight excluding hydrogens is 298 g/mol. The molecule has 1 N–H and O–H groups in total. The second kappa shape index (κ2) is 6.73. The van der Waals surface area contributed by atoms with Crippen molar-refractivity contribution in [2.24, 2.45) is 0 Å². The Balaban J connectivity index is 1.86. The van der Waals surface area contributed by atoms with Crippen LogP contribution in [0.5, 0.6) is 5.75 Å². The SMILES string of the molecule is COc1ccccc1C(NC(=O)Cn1cnnn1)c1ccco1. The lowest BCUT2D eigenvalue weighted by Crippen LogP contribution is -2.32. The number of tetrazole rings is 1. The smallest absolute Gasteiger partial charge is 0.242 e. The van der Waals surface area contributed by atoms with E-state index in [0.29, 0.717) is 11.5 Å². The molecule has 3 aromatic rings. The first kappa shape index (κ1) is 14.8. The van der Waals surface area contributed by atoms with Crippen LogP contribution in [0.1, 0.15) is 17.4 Å². The van der Waals surface area contributed by atoms with E-state index in [0.717, 1.165) is 5.56 Å². The summed E-state index contributed by atoms with van der Waals surface area (Å²) in [4.78, 5) is 12.3. The van der Waals surface area contributed by atoms with Gasteiger partial charge < -0.3 is 14.5 Å². The first-order valence-electron chi connectivity index (χ1n) is 6.94. The number of amides is 1. The average Bonchev–Trinajstić information content (AvgIpc) is 3.26. The fraction of sp³-hybridized carbons (Fsp3) is 0.200. The van der Waals surface area contributed by atoms with Gasteiger partial charge in [-0.3, -0.25) is 4.79 Å². The molecule has 0 aliphatic heterocycles. The molecule has 2 aromatic heterocycles. The molecule has 8 nitrogen and oxygen atoms in total. The van der Waals surface area contributed by atoms with E-state index >= 15 is 0 Å². The zero-order valence-corrected chi connectivity index (χ0v) is 12.4. The van der Waals surface area contributed by atoms with Crippen LogP contribution in [-0.2, 0) is 11.3 Å². The number of methoxy groups -OCH3 is 1. The molecule has 0 aliphatic rings. The zero-order valence-electron chi connectivity index (χ0n) is 12.4. The van der Waals surface area contributed by atoms with Gasteiger partial charge in [0.2, 0.25) is 5.91 Å². The number of ether oxygens (including phenoxy) is 1. The maximum absolute atomic E-state index is 12.3. The quantitative estimate of drug-likeness (QED) is 0.734. The summed E-state index contributed by atoms with van der Waals surface area (Å²) in [5.41, 5.74) is 0.801. The lowest BCUT2D eigenvalue weighted by Gasteiger charge is -2.19. The first-order chi connectivity index (χ1) is 11.3. The van der Waals surface area contributed by atoms with Crippen LogP contribution in [0.3, 0.4) is 0 Å². The molecule has 118 valence electrons. The highest BCUT2D eigenvalue weighted by atomic mass is 16.5. The Bertz CT molecular complexity index is 755. The maximum Gasteiger partial charge on any atom is 0.242 e. The normalized spacial score (nSPS) is 11.9. The number of aromatic nitrogens is 4. The summed E-state index contributed by atoms with van der Waals surface area (Å²) in [6.07, 6.45) is 2.94. The third kappa shape index (κ3) is 3.37. The predicted molar refractivity (Wildman–Crippen MR) is 79.5 cm³/mol. The van der Waals surface area contributed by atoms with Gasteiger partial charge in [-0.25, -0.2) is 4.68 Å². The van der Waals surface area contributed by atoms with E-state index in [1.807, 2.05) is 24.3 Å². The van der Waals surface area contributed by atoms with Crippen LogP contribution in [-0.4, -0.2) is 33.2 Å². The van der Waals surface area contributed by atoms with E-state index in [2.05, 4.69) is 20.8 Å². The molecule has 0 saturated carbocycles. The Labute approximate surface area is 132 Å². The maximum atomic E-state index is 12.3. The number of nitrogens with zero attached hydrogens (tertiary/aromatic N) is 4. The minimum Gasteiger partial charge on any atom is -0.496 e. The van der Waals surface area contributed by atoms with Gasteiger partial charge in [0.05, 0.1) is 13.4 Å². The second-order valence-corrected chi connectivity index (χ2v) is 4.77. The zero-order chi connectivity index (χ0) is 16.1. The fourth-order valence-corrected chi connectivity index (χ4v) is 2.27. The van der Waals surface area contributed by atoms with Crippen LogP contribution in [0.2, 0.25) is 0 Å². The number of carbonyl (C=O) groups is 1. The van der Waals surface area contributed by atoms with E-state index in [1.54, 1.807) is 25.5 Å². The molecule has 0 bridgehead atoms. The monoisotopic (exact) mass is 313 g/mol. The number of hydrogen-bond acceptors (Lipinski definition) is 6. The fourth-order valence-electron chi connectivity index (χ4n) is 2.27. The van der Waals surface area contributed by atoms with Crippen molar-refractivity contribution in [2.75, 3.05) is 7.11 Å². The highest BCUT2D eigenvalue weighted by Gasteiger charge is 2.22. The van der Waals surface area contributed by atoms with Crippen molar-refractivity contribution >= 4 is 5.91 Å². The van der Waals surface area contributed by atoms with Crippen molar-refractivity contribution < 1.29 is 13.9 Å². The highest BCUT2D eigenvalue weighted by molar-refractivity contribution is 5.76. The van der Waals surface area contributed by atoms with E-state index in [1.165, 1.54) is 11.0 Å². The van der Waals surface area contributed by atoms with Crippen molar-refractivity contribution in [3.63, 3.8) is 0 Å². The van der Waals surface area contributed by atoms with E-state index < -0.39 is 6.04 Å². The second-order valence-electron chi connectivity index (χ2n) is 4.77. The predicted octanol–water partition coefficient (Wildman–Crippen LogP) is 1.18. The summed E-state index contributed by atoms with van der Waals surface area (Å²) in [6, 6.07) is 10.6. The molecule has 0 spiro atoms. The number of hydrogen-bond donors (Lipinski definition) is 1. The van der Waals surface area contributed by atoms with Gasteiger partial charge in [-0.2, -0.15) is 0 Å². The summed E-state index contributed by atoms with van der Waals surface area (Å²) >= 11 is 0. The Kier molecular flexibility index (Phi) is 4.32. The number of rotatable bonds is 6. The number of furan rings is 1. The lowest BCUT2D eigenvalue weighted by atomic mass is 10.0. The number of para-hydroxylation sites is 1. The highest BCUT2D eigenvalue weighted by Crippen LogP contribution is 2.30. The molecule has 1 amide bonds. The lowest BCUT2D eigenvalue weighted by molar-refractivity contribution is -0.122. The molecule has 1 atom stereocenters. The minimum atomic E-state index is -0.467. The summed E-state index contributed by atoms with van der Waals surface area (Å²) < 4.78 is 12.2. The van der Waals surface area contributed by atoms with Gasteiger partial charge >= 0.3 is 0 Å². The molecular formula is C15H15N5O3. The Hall–Kier alpha value is -3.16. The van der Waals surface area contributed by atoms with Crippen molar-refractivity contribution in [3.8, 4) is 5.75 Å². The standard InChI is InChI=1S/C15H15N5O3/c1-22-12-6-3-2-5-11(12)15(13-7-4-8-23-13)17-14(21)9-20-10-16-18-19-20/h2-8,10,15H,9H2,1H3,(H,17,21). The van der Waals surface area contributed by atoms with Crippen LogP contribution in [0.15, 0.2) is 53.4 Å². The molecule has 1 aromatic carbocycles. The molecule has 23 heavy (non-hydrogen) atoms. The van der Waals surface area contributed by atoms with Crippen molar-refractivity contribution in [1.82, 2.24) is 25.5 Å². The molecule has 3 rings (SSSR count). The third-order valence-electron chi connectivity index (χ3n) is 3.28. The average molecular weight is 313 g/mol. The van der Waals surface area contributed by atoms with Gasteiger partial charge in [0.25, 0.3) is 0 Å². The largest absolute Gasteiger partial charge is 0.496 e. The van der Waals surface area contributed by atoms with Crippen LogP contribution < -0.4 is 10.1 Å². The van der Waals surface area contributed by atoms with Gasteiger partial charge in [0.1, 0.15) is 30.4 Å². The van der Waals surface area contributed by atoms with Crippen molar-refractivity contribution in [1.29, 1.82) is 0 Å². The van der Waals surface area contributed by atoms with Gasteiger partial charge in [0.15, 0.2) is 0 Å². The summed E-state index contributed by atoms with van der Waals surface area (Å²) in [6.45, 7) is 0.0133. The molecule has 0 saturated heterocycles. The Morgan fingerprint density at radius 2 is 2.22 bits per heavy atom. The van der Waals surface area contributed by atoms with Crippen molar-refractivity contribution in [2.45, 2.75) is 12.6 Å². The summed E-state index contributed by atoms with van der Waals surface area (Å²) in [5, 5.41) is 13.6. The van der Waals surface area contributed by atoms with Crippen LogP contribution in [0, 0.1) is 0 Å². The number of benzene rings is 1. The first-order valence-corrected chi connectivity index (χ1v) is 6.94. The van der Waals surface area contributed by atoms with Crippen LogP contribution >= 0.6 is 0 Å². The van der Waals surface area contributed by atoms with E-state index in [9.17, 15) is 4.79 Å². The van der Waals surface area contributed by atoms with Crippen LogP contribution in [0.4, 0.5) is 0 Å². The van der Waals surface area contributed by atoms with Crippen molar-refractivity contribution in [3.05, 3.63) is 60.3 Å². The van der Waals surface area contributed by atoms with Gasteiger partial charge in [-0.1, -0.05) is 18.2 Å². The van der Waals surface area contributed by atoms with Gasteiger partial charge in [-0.05, 0) is 28.6 Å². The topological polar surface area (TPSA) is 95.1 Å². The van der Waals surface area contributed by atoms with E-state index in [4.69, 9.17) is 9.15 Å². The van der Waals surface area contributed by atoms with E-state index in [-0.39, 0.29) is 12.5 Å². The number of carbonyl (C=O) groups excluding carboxylic acids is 1. The van der Waals surface area contributed by atoms with Crippen LogP contribution in [0.25, 0.3) is 0 Å². The molecule has 8 heteroatoms. The molecule has 0 radical (unpaired) electrons. The Morgan fingerprint density at radius 3 is 2.91 bits per heavy atom. The minimum absolute atomic E-state index is 0.0133. The van der Waals surface area contributed by atoms with Gasteiger partial charge in [0, 0.05) is 5.56 Å². The summed E-state index contributed by atoms with van der Waals surface area (Å²) in [5.74, 6) is 1.03. The molecule has 0 fully saturated rings. The summed E-state index contributed by atoms with van der Waals surface area (Å²) in [7, 11) is 1.58. The molecule has 1 unspecified atom stereocenters. The third-order valence-corrected chi connectivity index (χ3v) is 3.28. The Morgan fingerprint density at radius 1 is 1.35 bits per heavy atom. The van der Waals surface area contributed by atoms with Gasteiger partial charge in [-0.15, -0.1) is 5.10 Å². The number of nitrogens with one attached hydrogen (secondary N) is 1. The molecule has 2 heterocycles. The molecule has 0 aliphatic carbocycles.